The summed E-state index contributed by atoms with van der Waals surface area (Å²) < 4.78 is 26.7. The molecular formula is C10H11N3O4S2. The number of carbonyl (C=O) groups is 1. The molecular weight excluding hydrogens is 290 g/mol. The van der Waals surface area contributed by atoms with Crippen molar-refractivity contribution in [1.29, 1.82) is 0 Å². The van der Waals surface area contributed by atoms with Crippen molar-refractivity contribution in [3.05, 3.63) is 27.7 Å². The Bertz CT molecular complexity index is 710. The smallest absolute Gasteiger partial charge is 0.347 e. The summed E-state index contributed by atoms with van der Waals surface area (Å²) in [4.78, 5) is 10.5. The van der Waals surface area contributed by atoms with Crippen LogP contribution in [0.25, 0.3) is 0 Å². The average molecular weight is 301 g/mol. The second-order valence-corrected chi connectivity index (χ2v) is 6.40. The third kappa shape index (κ3) is 2.47. The van der Waals surface area contributed by atoms with Gasteiger partial charge in [-0.3, -0.25) is 9.82 Å². The summed E-state index contributed by atoms with van der Waals surface area (Å²) >= 11 is 0.863. The van der Waals surface area contributed by atoms with Crippen molar-refractivity contribution >= 4 is 33.0 Å². The number of thiophene rings is 1. The highest BCUT2D eigenvalue weighted by Crippen LogP contribution is 2.26. The minimum atomic E-state index is -3.94. The SMILES string of the molecule is Cc1n[nH]c(C)c1NS(=O)(=O)c1ccsc1C(=O)O. The quantitative estimate of drug-likeness (QED) is 0.793. The monoisotopic (exact) mass is 301 g/mol. The maximum absolute atomic E-state index is 12.2. The summed E-state index contributed by atoms with van der Waals surface area (Å²) in [5.41, 5.74) is 1.39. The molecule has 0 spiro atoms. The molecule has 0 radical (unpaired) electrons. The van der Waals surface area contributed by atoms with Gasteiger partial charge in [0.05, 0.1) is 17.1 Å². The largest absolute Gasteiger partial charge is 0.477 e. The van der Waals surface area contributed by atoms with Crippen molar-refractivity contribution in [1.82, 2.24) is 10.2 Å². The molecule has 2 aromatic rings. The van der Waals surface area contributed by atoms with E-state index in [0.29, 0.717) is 17.1 Å². The Morgan fingerprint density at radius 3 is 2.68 bits per heavy atom. The molecule has 2 rings (SSSR count). The summed E-state index contributed by atoms with van der Waals surface area (Å²) in [6, 6.07) is 1.27. The van der Waals surface area contributed by atoms with E-state index in [1.165, 1.54) is 11.4 Å². The van der Waals surface area contributed by atoms with Crippen LogP contribution in [0.4, 0.5) is 5.69 Å². The highest BCUT2D eigenvalue weighted by atomic mass is 32.2. The van der Waals surface area contributed by atoms with Gasteiger partial charge in [-0.25, -0.2) is 13.2 Å². The summed E-state index contributed by atoms with van der Waals surface area (Å²) in [5.74, 6) is -1.27. The Hall–Kier alpha value is -1.87. The van der Waals surface area contributed by atoms with Gasteiger partial charge in [-0.2, -0.15) is 5.10 Å². The van der Waals surface area contributed by atoms with Crippen LogP contribution in [0.2, 0.25) is 0 Å². The van der Waals surface area contributed by atoms with Gasteiger partial charge in [0.25, 0.3) is 10.0 Å². The van der Waals surface area contributed by atoms with E-state index in [1.54, 1.807) is 13.8 Å². The number of H-pyrrole nitrogens is 1. The molecule has 0 aromatic carbocycles. The molecule has 0 unspecified atom stereocenters. The molecule has 0 amide bonds. The summed E-state index contributed by atoms with van der Waals surface area (Å²) in [5, 5.41) is 16.9. The normalized spacial score (nSPS) is 11.5. The van der Waals surface area contributed by atoms with Crippen LogP contribution in [0.15, 0.2) is 16.3 Å². The first-order valence-electron chi connectivity index (χ1n) is 5.18. The Morgan fingerprint density at radius 1 is 1.47 bits per heavy atom. The molecule has 0 aliphatic heterocycles. The maximum atomic E-state index is 12.2. The minimum Gasteiger partial charge on any atom is -0.477 e. The summed E-state index contributed by atoms with van der Waals surface area (Å²) in [7, 11) is -3.94. The van der Waals surface area contributed by atoms with Crippen LogP contribution in [-0.4, -0.2) is 29.7 Å². The van der Waals surface area contributed by atoms with E-state index in [1.807, 2.05) is 0 Å². The molecule has 0 aliphatic carbocycles. The standard InChI is InChI=1S/C10H11N3O4S2/c1-5-8(6(2)12-11-5)13-19(16,17)7-3-4-18-9(7)10(14)15/h3-4,13H,1-2H3,(H,11,12)(H,14,15). The maximum Gasteiger partial charge on any atom is 0.347 e. The molecule has 9 heteroatoms. The van der Waals surface area contributed by atoms with E-state index in [-0.39, 0.29) is 9.77 Å². The zero-order valence-corrected chi connectivity index (χ0v) is 11.7. The molecule has 19 heavy (non-hydrogen) atoms. The molecule has 0 saturated heterocycles. The molecule has 0 fully saturated rings. The van der Waals surface area contributed by atoms with Crippen LogP contribution >= 0.6 is 11.3 Å². The van der Waals surface area contributed by atoms with E-state index >= 15 is 0 Å². The third-order valence-corrected chi connectivity index (χ3v) is 4.90. The van der Waals surface area contributed by atoms with Crippen LogP contribution in [-0.2, 0) is 10.0 Å². The lowest BCUT2D eigenvalue weighted by Gasteiger charge is -2.07. The van der Waals surface area contributed by atoms with Gasteiger partial charge >= 0.3 is 5.97 Å². The average Bonchev–Trinajstić information content (AvgIpc) is 2.91. The number of carboxylic acids is 1. The Labute approximate surface area is 113 Å². The number of aryl methyl sites for hydroxylation is 2. The topological polar surface area (TPSA) is 112 Å². The number of aromatic nitrogens is 2. The Balaban J connectivity index is 2.44. The number of rotatable bonds is 4. The Kier molecular flexibility index (Phi) is 3.33. The second kappa shape index (κ2) is 4.67. The van der Waals surface area contributed by atoms with Gasteiger partial charge in [0.2, 0.25) is 0 Å². The first kappa shape index (κ1) is 13.6. The fourth-order valence-electron chi connectivity index (χ4n) is 1.56. The van der Waals surface area contributed by atoms with Crippen LogP contribution in [0, 0.1) is 13.8 Å². The lowest BCUT2D eigenvalue weighted by molar-refractivity contribution is 0.0698. The summed E-state index contributed by atoms with van der Waals surface area (Å²) in [6.07, 6.45) is 0. The number of sulfonamides is 1. The number of carboxylic acid groups (broad SMARTS) is 1. The van der Waals surface area contributed by atoms with Gasteiger partial charge in [-0.05, 0) is 25.3 Å². The molecule has 102 valence electrons. The van der Waals surface area contributed by atoms with Gasteiger partial charge in [-0.15, -0.1) is 11.3 Å². The zero-order chi connectivity index (χ0) is 14.2. The second-order valence-electron chi connectivity index (χ2n) is 3.83. The number of hydrogen-bond donors (Lipinski definition) is 3. The van der Waals surface area contributed by atoms with Crippen LogP contribution in [0.3, 0.4) is 0 Å². The highest BCUT2D eigenvalue weighted by Gasteiger charge is 2.25. The van der Waals surface area contributed by atoms with Crippen molar-refractivity contribution in [2.75, 3.05) is 4.72 Å². The van der Waals surface area contributed by atoms with Gasteiger partial charge in [-0.1, -0.05) is 0 Å². The fourth-order valence-corrected chi connectivity index (χ4v) is 4.00. The Morgan fingerprint density at radius 2 is 2.16 bits per heavy atom. The van der Waals surface area contributed by atoms with Crippen molar-refractivity contribution in [3.63, 3.8) is 0 Å². The van der Waals surface area contributed by atoms with Crippen LogP contribution < -0.4 is 4.72 Å². The third-order valence-electron chi connectivity index (χ3n) is 2.48. The highest BCUT2D eigenvalue weighted by molar-refractivity contribution is 7.93. The molecule has 3 N–H and O–H groups in total. The predicted molar refractivity (Wildman–Crippen MR) is 70.1 cm³/mol. The van der Waals surface area contributed by atoms with Crippen molar-refractivity contribution in [2.24, 2.45) is 0 Å². The molecule has 2 heterocycles. The number of nitrogens with one attached hydrogen (secondary N) is 2. The van der Waals surface area contributed by atoms with E-state index < -0.39 is 16.0 Å². The first-order chi connectivity index (χ1) is 8.83. The van der Waals surface area contributed by atoms with Crippen molar-refractivity contribution < 1.29 is 18.3 Å². The number of aromatic carboxylic acids is 1. The van der Waals surface area contributed by atoms with E-state index in [9.17, 15) is 13.2 Å². The number of anilines is 1. The lowest BCUT2D eigenvalue weighted by Crippen LogP contribution is -2.16. The van der Waals surface area contributed by atoms with Gasteiger partial charge in [0.15, 0.2) is 0 Å². The molecule has 7 nitrogen and oxygen atoms in total. The molecule has 0 bridgehead atoms. The minimum absolute atomic E-state index is 0.216. The van der Waals surface area contributed by atoms with Crippen molar-refractivity contribution in [3.8, 4) is 0 Å². The molecule has 2 aromatic heterocycles. The fraction of sp³-hybridized carbons (Fsp3) is 0.200. The van der Waals surface area contributed by atoms with Crippen LogP contribution in [0.1, 0.15) is 21.1 Å². The van der Waals surface area contributed by atoms with Crippen molar-refractivity contribution in [2.45, 2.75) is 18.7 Å². The number of hydrogen-bond acceptors (Lipinski definition) is 5. The molecule has 0 atom stereocenters. The van der Waals surface area contributed by atoms with E-state index in [2.05, 4.69) is 14.9 Å². The number of aromatic amines is 1. The zero-order valence-electron chi connectivity index (χ0n) is 10.1. The summed E-state index contributed by atoms with van der Waals surface area (Å²) in [6.45, 7) is 3.32. The first-order valence-corrected chi connectivity index (χ1v) is 7.54. The van der Waals surface area contributed by atoms with E-state index in [0.717, 1.165) is 11.3 Å². The van der Waals surface area contributed by atoms with Gasteiger partial charge in [0.1, 0.15) is 9.77 Å². The van der Waals surface area contributed by atoms with E-state index in [4.69, 9.17) is 5.11 Å². The van der Waals surface area contributed by atoms with Gasteiger partial charge in [0, 0.05) is 0 Å². The molecule has 0 saturated carbocycles. The predicted octanol–water partition coefficient (Wildman–Crippen LogP) is 1.59. The lowest BCUT2D eigenvalue weighted by atomic mass is 10.3. The van der Waals surface area contributed by atoms with Crippen LogP contribution in [0.5, 0.6) is 0 Å². The van der Waals surface area contributed by atoms with Gasteiger partial charge < -0.3 is 5.11 Å². The molecule has 0 aliphatic rings. The number of nitrogens with zero attached hydrogens (tertiary/aromatic N) is 1.